The third-order valence-corrected chi connectivity index (χ3v) is 5.60. The van der Waals surface area contributed by atoms with Gasteiger partial charge in [0, 0.05) is 43.6 Å². The Morgan fingerprint density at radius 3 is 2.47 bits per heavy atom. The van der Waals surface area contributed by atoms with Crippen LogP contribution in [0.5, 0.6) is 5.75 Å². The number of piperidine rings is 1. The summed E-state index contributed by atoms with van der Waals surface area (Å²) in [5.41, 5.74) is 3.85. The van der Waals surface area contributed by atoms with Gasteiger partial charge in [-0.15, -0.1) is 0 Å². The Hall–Kier alpha value is -3.18. The van der Waals surface area contributed by atoms with Gasteiger partial charge < -0.3 is 10.1 Å². The van der Waals surface area contributed by atoms with Gasteiger partial charge in [0.25, 0.3) is 5.91 Å². The maximum Gasteiger partial charge on any atom is 0.253 e. The minimum atomic E-state index is -0.0561. The molecular weight excluding hydrogens is 374 g/mol. The standard InChI is InChI=1S/C25H27N3O2/c1-30-24-9-7-20(8-10-24)21-15-22(17-26-16-21)25(29)27-23-11-13-28(14-12-23)18-19-5-3-2-4-6-19/h2-10,15-17,23H,11-14,18H2,1H3,(H,27,29). The predicted octanol–water partition coefficient (Wildman–Crippen LogP) is 4.15. The molecule has 0 saturated carbocycles. The van der Waals surface area contributed by atoms with Crippen LogP contribution in [0.25, 0.3) is 11.1 Å². The van der Waals surface area contributed by atoms with Crippen molar-refractivity contribution in [2.24, 2.45) is 0 Å². The number of rotatable bonds is 6. The van der Waals surface area contributed by atoms with Crippen molar-refractivity contribution >= 4 is 5.91 Å². The molecule has 5 nitrogen and oxygen atoms in total. The molecule has 4 rings (SSSR count). The third-order valence-electron chi connectivity index (χ3n) is 5.60. The smallest absolute Gasteiger partial charge is 0.253 e. The molecule has 2 aromatic carbocycles. The van der Waals surface area contributed by atoms with Crippen LogP contribution in [-0.4, -0.2) is 42.0 Å². The molecule has 5 heteroatoms. The lowest BCUT2D eigenvalue weighted by atomic mass is 10.0. The number of methoxy groups -OCH3 is 1. The molecule has 1 fully saturated rings. The number of amides is 1. The van der Waals surface area contributed by atoms with Crippen LogP contribution in [0.3, 0.4) is 0 Å². The molecule has 1 aliphatic rings. The van der Waals surface area contributed by atoms with E-state index >= 15 is 0 Å². The first-order valence-electron chi connectivity index (χ1n) is 10.4. The Labute approximate surface area is 177 Å². The molecular formula is C25H27N3O2. The van der Waals surface area contributed by atoms with Crippen LogP contribution in [0.1, 0.15) is 28.8 Å². The molecule has 3 aromatic rings. The van der Waals surface area contributed by atoms with Crippen LogP contribution >= 0.6 is 0 Å². The minimum Gasteiger partial charge on any atom is -0.497 e. The van der Waals surface area contributed by atoms with Gasteiger partial charge in [0.2, 0.25) is 0 Å². The van der Waals surface area contributed by atoms with E-state index in [2.05, 4.69) is 39.5 Å². The molecule has 0 radical (unpaired) electrons. The maximum atomic E-state index is 12.8. The normalized spacial score (nSPS) is 15.0. The summed E-state index contributed by atoms with van der Waals surface area (Å²) in [5, 5.41) is 3.19. The Morgan fingerprint density at radius 1 is 1.03 bits per heavy atom. The summed E-state index contributed by atoms with van der Waals surface area (Å²) in [6.07, 6.45) is 5.34. The van der Waals surface area contributed by atoms with Gasteiger partial charge in [0.1, 0.15) is 5.75 Å². The van der Waals surface area contributed by atoms with Gasteiger partial charge >= 0.3 is 0 Å². The average molecular weight is 402 g/mol. The number of carbonyl (C=O) groups is 1. The van der Waals surface area contributed by atoms with E-state index in [9.17, 15) is 4.79 Å². The first-order valence-corrected chi connectivity index (χ1v) is 10.4. The zero-order valence-corrected chi connectivity index (χ0v) is 17.3. The predicted molar refractivity (Wildman–Crippen MR) is 118 cm³/mol. The first kappa shape index (κ1) is 20.1. The van der Waals surface area contributed by atoms with Gasteiger partial charge in [-0.3, -0.25) is 14.7 Å². The van der Waals surface area contributed by atoms with Gasteiger partial charge in [-0.05, 0) is 42.2 Å². The number of pyridine rings is 1. The fourth-order valence-electron chi connectivity index (χ4n) is 3.85. The van der Waals surface area contributed by atoms with Crippen LogP contribution in [0, 0.1) is 0 Å². The largest absolute Gasteiger partial charge is 0.497 e. The SMILES string of the molecule is COc1ccc(-c2cncc(C(=O)NC3CCN(Cc4ccccc4)CC3)c2)cc1. The zero-order chi connectivity index (χ0) is 20.8. The van der Waals surface area contributed by atoms with Crippen LogP contribution < -0.4 is 10.1 Å². The van der Waals surface area contributed by atoms with Crippen molar-refractivity contribution in [2.75, 3.05) is 20.2 Å². The number of nitrogens with one attached hydrogen (secondary N) is 1. The highest BCUT2D eigenvalue weighted by Crippen LogP contribution is 2.22. The monoisotopic (exact) mass is 401 g/mol. The van der Waals surface area contributed by atoms with Crippen LogP contribution in [-0.2, 0) is 6.54 Å². The molecule has 0 spiro atoms. The number of nitrogens with zero attached hydrogens (tertiary/aromatic N) is 2. The molecule has 2 heterocycles. The second-order valence-corrected chi connectivity index (χ2v) is 7.70. The highest BCUT2D eigenvalue weighted by molar-refractivity contribution is 5.95. The highest BCUT2D eigenvalue weighted by atomic mass is 16.5. The number of carbonyl (C=O) groups excluding carboxylic acids is 1. The summed E-state index contributed by atoms with van der Waals surface area (Å²) in [6, 6.07) is 20.4. The quantitative estimate of drug-likeness (QED) is 0.674. The number of hydrogen-bond donors (Lipinski definition) is 1. The number of hydrogen-bond acceptors (Lipinski definition) is 4. The van der Waals surface area contributed by atoms with Crippen molar-refractivity contribution in [3.05, 3.63) is 84.2 Å². The third kappa shape index (κ3) is 5.05. The second kappa shape index (κ2) is 9.55. The average Bonchev–Trinajstić information content (AvgIpc) is 2.81. The lowest BCUT2D eigenvalue weighted by Gasteiger charge is -2.32. The Bertz CT molecular complexity index is 965. The van der Waals surface area contributed by atoms with Gasteiger partial charge in [0.05, 0.1) is 12.7 Å². The lowest BCUT2D eigenvalue weighted by molar-refractivity contribution is 0.0908. The minimum absolute atomic E-state index is 0.0561. The van der Waals surface area contributed by atoms with Crippen LogP contribution in [0.2, 0.25) is 0 Å². The lowest BCUT2D eigenvalue weighted by Crippen LogP contribution is -2.44. The summed E-state index contributed by atoms with van der Waals surface area (Å²) in [5.74, 6) is 0.749. The molecule has 1 saturated heterocycles. The number of likely N-dealkylation sites (tertiary alicyclic amines) is 1. The second-order valence-electron chi connectivity index (χ2n) is 7.70. The van der Waals surface area contributed by atoms with Crippen molar-refractivity contribution in [2.45, 2.75) is 25.4 Å². The zero-order valence-electron chi connectivity index (χ0n) is 17.3. The molecule has 1 N–H and O–H groups in total. The fourth-order valence-corrected chi connectivity index (χ4v) is 3.85. The van der Waals surface area contributed by atoms with Crippen LogP contribution in [0.4, 0.5) is 0 Å². The maximum absolute atomic E-state index is 12.8. The Morgan fingerprint density at radius 2 is 1.77 bits per heavy atom. The Kier molecular flexibility index (Phi) is 6.40. The molecule has 1 aliphatic heterocycles. The summed E-state index contributed by atoms with van der Waals surface area (Å²) in [6.45, 7) is 2.95. The number of aromatic nitrogens is 1. The summed E-state index contributed by atoms with van der Waals surface area (Å²) in [4.78, 5) is 19.5. The molecule has 1 aromatic heterocycles. The van der Waals surface area contributed by atoms with Crippen molar-refractivity contribution in [1.82, 2.24) is 15.2 Å². The van der Waals surface area contributed by atoms with Gasteiger partial charge in [-0.25, -0.2) is 0 Å². The van der Waals surface area contributed by atoms with Gasteiger partial charge in [0.15, 0.2) is 0 Å². The molecule has 0 bridgehead atoms. The summed E-state index contributed by atoms with van der Waals surface area (Å²) < 4.78 is 5.21. The molecule has 0 aliphatic carbocycles. The van der Waals surface area contributed by atoms with E-state index in [1.807, 2.05) is 36.4 Å². The molecule has 0 atom stereocenters. The summed E-state index contributed by atoms with van der Waals surface area (Å²) >= 11 is 0. The molecule has 1 amide bonds. The Balaban J connectivity index is 1.33. The molecule has 154 valence electrons. The molecule has 30 heavy (non-hydrogen) atoms. The van der Waals surface area contributed by atoms with Crippen molar-refractivity contribution < 1.29 is 9.53 Å². The fraction of sp³-hybridized carbons (Fsp3) is 0.280. The van der Waals surface area contributed by atoms with Crippen LogP contribution in [0.15, 0.2) is 73.1 Å². The van der Waals surface area contributed by atoms with Gasteiger partial charge in [-0.2, -0.15) is 0 Å². The van der Waals surface area contributed by atoms with E-state index in [-0.39, 0.29) is 11.9 Å². The van der Waals surface area contributed by atoms with E-state index in [0.717, 1.165) is 49.4 Å². The van der Waals surface area contributed by atoms with Crippen molar-refractivity contribution in [3.63, 3.8) is 0 Å². The van der Waals surface area contributed by atoms with Gasteiger partial charge in [-0.1, -0.05) is 42.5 Å². The van der Waals surface area contributed by atoms with E-state index in [0.29, 0.717) is 5.56 Å². The van der Waals surface area contributed by atoms with Crippen molar-refractivity contribution in [1.29, 1.82) is 0 Å². The van der Waals surface area contributed by atoms with E-state index < -0.39 is 0 Å². The summed E-state index contributed by atoms with van der Waals surface area (Å²) in [7, 11) is 1.65. The van der Waals surface area contributed by atoms with Crippen molar-refractivity contribution in [3.8, 4) is 16.9 Å². The molecule has 0 unspecified atom stereocenters. The topological polar surface area (TPSA) is 54.5 Å². The highest BCUT2D eigenvalue weighted by Gasteiger charge is 2.21. The number of benzene rings is 2. The van der Waals surface area contributed by atoms with E-state index in [1.165, 1.54) is 5.56 Å². The van der Waals surface area contributed by atoms with E-state index in [1.54, 1.807) is 19.5 Å². The first-order chi connectivity index (χ1) is 14.7. The number of ether oxygens (including phenoxy) is 1. The van der Waals surface area contributed by atoms with E-state index in [4.69, 9.17) is 4.74 Å².